The Kier molecular flexibility index (Phi) is 5.07. The van der Waals surface area contributed by atoms with Crippen molar-refractivity contribution in [2.45, 2.75) is 24.2 Å². The van der Waals surface area contributed by atoms with Crippen LogP contribution in [0, 0.1) is 0 Å². The molecule has 1 N–H and O–H groups in total. The molecule has 1 aliphatic rings. The summed E-state index contributed by atoms with van der Waals surface area (Å²) < 4.78 is 27.0. The predicted octanol–water partition coefficient (Wildman–Crippen LogP) is 2.76. The first-order chi connectivity index (χ1) is 11.4. The van der Waals surface area contributed by atoms with Gasteiger partial charge in [-0.15, -0.1) is 11.3 Å². The minimum atomic E-state index is -3.72. The number of aromatic nitrogens is 1. The van der Waals surface area contributed by atoms with Crippen LogP contribution in [-0.4, -0.2) is 37.3 Å². The Morgan fingerprint density at radius 2 is 1.92 bits per heavy atom. The van der Waals surface area contributed by atoms with Gasteiger partial charge in [0.05, 0.1) is 17.0 Å². The summed E-state index contributed by atoms with van der Waals surface area (Å²) in [6, 6.07) is 5.88. The minimum Gasteiger partial charge on any atom is -0.342 e. The molecule has 1 fully saturated rings. The molecule has 0 aliphatic carbocycles. The molecule has 0 bridgehead atoms. The van der Waals surface area contributed by atoms with Gasteiger partial charge in [0.15, 0.2) is 5.13 Å². The Bertz CT molecular complexity index is 828. The number of carbonyl (C=O) groups excluding carboxylic acids is 1. The maximum atomic E-state index is 12.3. The summed E-state index contributed by atoms with van der Waals surface area (Å²) in [6.07, 6.45) is 2.27. The summed E-state index contributed by atoms with van der Waals surface area (Å²) in [7, 11) is -3.72. The smallest absolute Gasteiger partial charge is 0.263 e. The van der Waals surface area contributed by atoms with E-state index in [0.717, 1.165) is 37.3 Å². The van der Waals surface area contributed by atoms with Crippen molar-refractivity contribution in [3.05, 3.63) is 40.4 Å². The molecule has 0 atom stereocenters. The molecule has 0 radical (unpaired) electrons. The van der Waals surface area contributed by atoms with Crippen molar-refractivity contribution in [2.24, 2.45) is 0 Å². The Hall–Kier alpha value is -1.64. The standard InChI is InChI=1S/C15H16ClN3O3S2/c16-11-3-5-13(6-4-11)24(21,22)18-15-17-12(10-23-15)9-14(20)19-7-1-2-8-19/h3-6,10H,1-2,7-9H2,(H,17,18). The second-order valence-corrected chi connectivity index (χ2v) is 8.45. The third-order valence-corrected chi connectivity index (χ3v) is 6.23. The van der Waals surface area contributed by atoms with Crippen LogP contribution >= 0.6 is 22.9 Å². The molecular weight excluding hydrogens is 370 g/mol. The Balaban J connectivity index is 1.67. The van der Waals surface area contributed by atoms with Crippen molar-refractivity contribution in [1.29, 1.82) is 0 Å². The van der Waals surface area contributed by atoms with Crippen molar-refractivity contribution < 1.29 is 13.2 Å². The van der Waals surface area contributed by atoms with E-state index >= 15 is 0 Å². The number of nitrogens with zero attached hydrogens (tertiary/aromatic N) is 2. The summed E-state index contributed by atoms with van der Waals surface area (Å²) in [4.78, 5) is 18.2. The molecule has 2 aromatic rings. The molecular formula is C15H16ClN3O3S2. The zero-order valence-electron chi connectivity index (χ0n) is 12.7. The van der Waals surface area contributed by atoms with Gasteiger partial charge in [-0.2, -0.15) is 0 Å². The maximum absolute atomic E-state index is 12.3. The fourth-order valence-corrected chi connectivity index (χ4v) is 4.54. The van der Waals surface area contributed by atoms with Crippen molar-refractivity contribution in [2.75, 3.05) is 17.8 Å². The highest BCUT2D eigenvalue weighted by molar-refractivity contribution is 7.93. The van der Waals surface area contributed by atoms with Gasteiger partial charge in [-0.25, -0.2) is 13.4 Å². The lowest BCUT2D eigenvalue weighted by atomic mass is 10.3. The van der Waals surface area contributed by atoms with E-state index in [1.807, 2.05) is 4.90 Å². The van der Waals surface area contributed by atoms with Gasteiger partial charge in [0.1, 0.15) is 0 Å². The minimum absolute atomic E-state index is 0.0323. The van der Waals surface area contributed by atoms with Crippen LogP contribution in [0.2, 0.25) is 5.02 Å². The number of benzene rings is 1. The molecule has 0 saturated carbocycles. The lowest BCUT2D eigenvalue weighted by molar-refractivity contribution is -0.129. The van der Waals surface area contributed by atoms with Crippen LogP contribution in [-0.2, 0) is 21.2 Å². The van der Waals surface area contributed by atoms with Crippen molar-refractivity contribution >= 4 is 44.0 Å². The zero-order chi connectivity index (χ0) is 17.2. The third kappa shape index (κ3) is 4.06. The Morgan fingerprint density at radius 1 is 1.25 bits per heavy atom. The van der Waals surface area contributed by atoms with Crippen LogP contribution < -0.4 is 4.72 Å². The molecule has 24 heavy (non-hydrogen) atoms. The van der Waals surface area contributed by atoms with Gasteiger partial charge in [0, 0.05) is 23.5 Å². The van der Waals surface area contributed by atoms with Crippen LogP contribution in [0.3, 0.4) is 0 Å². The topological polar surface area (TPSA) is 79.4 Å². The number of anilines is 1. The van der Waals surface area contributed by atoms with Gasteiger partial charge >= 0.3 is 0 Å². The Morgan fingerprint density at radius 3 is 2.58 bits per heavy atom. The van der Waals surface area contributed by atoms with E-state index in [0.29, 0.717) is 10.7 Å². The average molecular weight is 386 g/mol. The quantitative estimate of drug-likeness (QED) is 0.858. The largest absolute Gasteiger partial charge is 0.342 e. The highest BCUT2D eigenvalue weighted by atomic mass is 35.5. The molecule has 1 saturated heterocycles. The van der Waals surface area contributed by atoms with Gasteiger partial charge in [-0.1, -0.05) is 11.6 Å². The fourth-order valence-electron chi connectivity index (χ4n) is 2.46. The van der Waals surface area contributed by atoms with E-state index in [2.05, 4.69) is 9.71 Å². The van der Waals surface area contributed by atoms with Gasteiger partial charge in [-0.3, -0.25) is 9.52 Å². The van der Waals surface area contributed by atoms with Crippen molar-refractivity contribution in [3.8, 4) is 0 Å². The highest BCUT2D eigenvalue weighted by Gasteiger charge is 2.20. The third-order valence-electron chi connectivity index (χ3n) is 3.69. The number of sulfonamides is 1. The second-order valence-electron chi connectivity index (χ2n) is 5.47. The normalized spacial score (nSPS) is 14.8. The molecule has 1 aliphatic heterocycles. The molecule has 128 valence electrons. The fraction of sp³-hybridized carbons (Fsp3) is 0.333. The van der Waals surface area contributed by atoms with Crippen LogP contribution in [0.15, 0.2) is 34.5 Å². The van der Waals surface area contributed by atoms with E-state index in [1.54, 1.807) is 5.38 Å². The van der Waals surface area contributed by atoms with E-state index in [4.69, 9.17) is 11.6 Å². The number of hydrogen-bond acceptors (Lipinski definition) is 5. The van der Waals surface area contributed by atoms with Crippen molar-refractivity contribution in [1.82, 2.24) is 9.88 Å². The lowest BCUT2D eigenvalue weighted by Crippen LogP contribution is -2.29. The number of carbonyl (C=O) groups is 1. The van der Waals surface area contributed by atoms with Gasteiger partial charge in [-0.05, 0) is 37.1 Å². The molecule has 3 rings (SSSR count). The van der Waals surface area contributed by atoms with Crippen LogP contribution in [0.4, 0.5) is 5.13 Å². The lowest BCUT2D eigenvalue weighted by Gasteiger charge is -2.13. The number of hydrogen-bond donors (Lipinski definition) is 1. The molecule has 0 unspecified atom stereocenters. The SMILES string of the molecule is O=C(Cc1csc(NS(=O)(=O)c2ccc(Cl)cc2)n1)N1CCCC1. The summed E-state index contributed by atoms with van der Waals surface area (Å²) in [6.45, 7) is 1.58. The van der Waals surface area contributed by atoms with E-state index in [-0.39, 0.29) is 22.4 Å². The monoisotopic (exact) mass is 385 g/mol. The summed E-state index contributed by atoms with van der Waals surface area (Å²) in [5.74, 6) is 0.0323. The molecule has 2 heterocycles. The second kappa shape index (κ2) is 7.08. The first kappa shape index (κ1) is 17.2. The van der Waals surface area contributed by atoms with Gasteiger partial charge in [0.2, 0.25) is 5.91 Å². The first-order valence-electron chi connectivity index (χ1n) is 7.44. The van der Waals surface area contributed by atoms with E-state index < -0.39 is 10.0 Å². The average Bonchev–Trinajstić information content (AvgIpc) is 3.19. The number of rotatable bonds is 5. The van der Waals surface area contributed by atoms with Crippen LogP contribution in [0.1, 0.15) is 18.5 Å². The maximum Gasteiger partial charge on any atom is 0.263 e. The number of amides is 1. The van der Waals surface area contributed by atoms with E-state index in [1.165, 1.54) is 24.3 Å². The molecule has 1 aromatic heterocycles. The summed E-state index contributed by atoms with van der Waals surface area (Å²) in [5, 5.41) is 2.41. The van der Waals surface area contributed by atoms with Crippen molar-refractivity contribution in [3.63, 3.8) is 0 Å². The summed E-state index contributed by atoms with van der Waals surface area (Å²) >= 11 is 6.93. The Labute approximate surface area is 149 Å². The van der Waals surface area contributed by atoms with E-state index in [9.17, 15) is 13.2 Å². The van der Waals surface area contributed by atoms with Gasteiger partial charge < -0.3 is 4.90 Å². The molecule has 6 nitrogen and oxygen atoms in total. The predicted molar refractivity (Wildman–Crippen MR) is 93.9 cm³/mol. The number of likely N-dealkylation sites (tertiary alicyclic amines) is 1. The molecule has 0 spiro atoms. The number of halogens is 1. The number of thiazole rings is 1. The molecule has 9 heteroatoms. The van der Waals surface area contributed by atoms with Crippen LogP contribution in [0.5, 0.6) is 0 Å². The summed E-state index contributed by atoms with van der Waals surface area (Å²) in [5.41, 5.74) is 0.575. The number of nitrogens with one attached hydrogen (secondary N) is 1. The molecule has 1 aromatic carbocycles. The zero-order valence-corrected chi connectivity index (χ0v) is 15.1. The van der Waals surface area contributed by atoms with Gasteiger partial charge in [0.25, 0.3) is 10.0 Å². The highest BCUT2D eigenvalue weighted by Crippen LogP contribution is 2.22. The molecule has 1 amide bonds. The van der Waals surface area contributed by atoms with Crippen LogP contribution in [0.25, 0.3) is 0 Å². The first-order valence-corrected chi connectivity index (χ1v) is 10.2.